The van der Waals surface area contributed by atoms with Crippen molar-refractivity contribution >= 4 is 5.91 Å². The molecule has 0 rings (SSSR count). The minimum atomic E-state index is -0.119. The van der Waals surface area contributed by atoms with Gasteiger partial charge in [-0.25, -0.2) is 0 Å². The lowest BCUT2D eigenvalue weighted by atomic mass is 10.1. The standard InChI is InChI=1S/C13H21NO2/c1-5-7-8-12(6-2)9-14-13(15)11(3)10-16-4/h5-8,11H,1,9-10H2,2-4H3,(H,14,15)/b8-7-,12-6+. The van der Waals surface area contributed by atoms with E-state index in [0.29, 0.717) is 13.2 Å². The Hall–Kier alpha value is -1.35. The van der Waals surface area contributed by atoms with Crippen LogP contribution in [0, 0.1) is 5.92 Å². The van der Waals surface area contributed by atoms with Gasteiger partial charge in [-0.1, -0.05) is 37.8 Å². The highest BCUT2D eigenvalue weighted by molar-refractivity contribution is 5.78. The van der Waals surface area contributed by atoms with Gasteiger partial charge in [0, 0.05) is 13.7 Å². The number of amides is 1. The summed E-state index contributed by atoms with van der Waals surface area (Å²) in [6.45, 7) is 8.36. The molecule has 0 fully saturated rings. The number of allylic oxidation sites excluding steroid dienone is 3. The van der Waals surface area contributed by atoms with Gasteiger partial charge >= 0.3 is 0 Å². The summed E-state index contributed by atoms with van der Waals surface area (Å²) in [6, 6.07) is 0. The monoisotopic (exact) mass is 223 g/mol. The first-order chi connectivity index (χ1) is 7.65. The molecule has 0 aromatic heterocycles. The molecule has 1 amide bonds. The van der Waals surface area contributed by atoms with Gasteiger partial charge in [0.1, 0.15) is 0 Å². The van der Waals surface area contributed by atoms with Crippen molar-refractivity contribution in [3.8, 4) is 0 Å². The first-order valence-electron chi connectivity index (χ1n) is 5.36. The van der Waals surface area contributed by atoms with Gasteiger partial charge < -0.3 is 10.1 Å². The number of ether oxygens (including phenoxy) is 1. The molecule has 3 nitrogen and oxygen atoms in total. The lowest BCUT2D eigenvalue weighted by Gasteiger charge is -2.11. The van der Waals surface area contributed by atoms with E-state index in [-0.39, 0.29) is 11.8 Å². The number of hydrogen-bond donors (Lipinski definition) is 1. The molecule has 0 radical (unpaired) electrons. The second kappa shape index (κ2) is 8.92. The molecule has 0 saturated carbocycles. The average molecular weight is 223 g/mol. The first-order valence-corrected chi connectivity index (χ1v) is 5.36. The fourth-order valence-corrected chi connectivity index (χ4v) is 1.14. The van der Waals surface area contributed by atoms with Crippen LogP contribution in [0.15, 0.2) is 36.5 Å². The zero-order valence-corrected chi connectivity index (χ0v) is 10.3. The lowest BCUT2D eigenvalue weighted by molar-refractivity contribution is -0.125. The Balaban J connectivity index is 4.07. The molecule has 0 aliphatic heterocycles. The molecule has 0 aliphatic rings. The van der Waals surface area contributed by atoms with Crippen LogP contribution in [0.25, 0.3) is 0 Å². The van der Waals surface area contributed by atoms with Gasteiger partial charge in [-0.2, -0.15) is 0 Å². The maximum Gasteiger partial charge on any atom is 0.225 e. The van der Waals surface area contributed by atoms with E-state index in [2.05, 4.69) is 11.9 Å². The summed E-state index contributed by atoms with van der Waals surface area (Å²) in [6.07, 6.45) is 7.44. The van der Waals surface area contributed by atoms with Crippen molar-refractivity contribution in [2.75, 3.05) is 20.3 Å². The zero-order valence-electron chi connectivity index (χ0n) is 10.3. The molecule has 1 atom stereocenters. The molecule has 0 aromatic rings. The van der Waals surface area contributed by atoms with Crippen molar-refractivity contribution in [2.24, 2.45) is 5.92 Å². The molecular weight excluding hydrogens is 202 g/mol. The van der Waals surface area contributed by atoms with Gasteiger partial charge in [0.25, 0.3) is 0 Å². The molecule has 3 heteroatoms. The fourth-order valence-electron chi connectivity index (χ4n) is 1.14. The number of carbonyl (C=O) groups is 1. The predicted octanol–water partition coefficient (Wildman–Crippen LogP) is 2.07. The van der Waals surface area contributed by atoms with Gasteiger partial charge in [-0.15, -0.1) is 0 Å². The highest BCUT2D eigenvalue weighted by Gasteiger charge is 2.11. The van der Waals surface area contributed by atoms with E-state index in [9.17, 15) is 4.79 Å². The third kappa shape index (κ3) is 6.19. The van der Waals surface area contributed by atoms with Gasteiger partial charge in [0.05, 0.1) is 12.5 Å². The van der Waals surface area contributed by atoms with E-state index in [1.165, 1.54) is 0 Å². The first kappa shape index (κ1) is 14.6. The third-order valence-corrected chi connectivity index (χ3v) is 2.15. The molecule has 0 spiro atoms. The SMILES string of the molecule is C=C/C=C\C(=C/C)CNC(=O)C(C)COC. The molecule has 0 bridgehead atoms. The normalized spacial score (nSPS) is 13.8. The Kier molecular flexibility index (Phi) is 8.17. The molecule has 1 N–H and O–H groups in total. The third-order valence-electron chi connectivity index (χ3n) is 2.15. The van der Waals surface area contributed by atoms with Crippen LogP contribution in [0.2, 0.25) is 0 Å². The van der Waals surface area contributed by atoms with Crippen molar-refractivity contribution in [1.82, 2.24) is 5.32 Å². The highest BCUT2D eigenvalue weighted by Crippen LogP contribution is 1.98. The largest absolute Gasteiger partial charge is 0.384 e. The minimum absolute atomic E-state index is 0.00760. The summed E-state index contributed by atoms with van der Waals surface area (Å²) in [7, 11) is 1.59. The molecule has 0 aromatic carbocycles. The Bertz CT molecular complexity index is 280. The number of hydrogen-bond acceptors (Lipinski definition) is 2. The van der Waals surface area contributed by atoms with Crippen LogP contribution in [-0.2, 0) is 9.53 Å². The maximum atomic E-state index is 11.6. The summed E-state index contributed by atoms with van der Waals surface area (Å²) >= 11 is 0. The Morgan fingerprint density at radius 3 is 2.75 bits per heavy atom. The summed E-state index contributed by atoms with van der Waals surface area (Å²) in [5.41, 5.74) is 1.05. The maximum absolute atomic E-state index is 11.6. The number of methoxy groups -OCH3 is 1. The topological polar surface area (TPSA) is 38.3 Å². The van der Waals surface area contributed by atoms with Crippen LogP contribution in [-0.4, -0.2) is 26.2 Å². The molecule has 0 aliphatic carbocycles. The van der Waals surface area contributed by atoms with Crippen LogP contribution in [0.4, 0.5) is 0 Å². The molecule has 0 saturated heterocycles. The van der Waals surface area contributed by atoms with Crippen molar-refractivity contribution in [3.63, 3.8) is 0 Å². The van der Waals surface area contributed by atoms with Crippen molar-refractivity contribution in [1.29, 1.82) is 0 Å². The van der Waals surface area contributed by atoms with E-state index in [0.717, 1.165) is 5.57 Å². The molecular formula is C13H21NO2. The van der Waals surface area contributed by atoms with Crippen LogP contribution < -0.4 is 5.32 Å². The van der Waals surface area contributed by atoms with Crippen LogP contribution in [0.3, 0.4) is 0 Å². The number of rotatable bonds is 7. The van der Waals surface area contributed by atoms with Gasteiger partial charge in [-0.05, 0) is 12.5 Å². The van der Waals surface area contributed by atoms with Crippen molar-refractivity contribution in [3.05, 3.63) is 36.5 Å². The fraction of sp³-hybridized carbons (Fsp3) is 0.462. The summed E-state index contributed by atoms with van der Waals surface area (Å²) in [5, 5.41) is 2.85. The quantitative estimate of drug-likeness (QED) is 0.671. The second-order valence-corrected chi connectivity index (χ2v) is 3.53. The Labute approximate surface area is 97.9 Å². The van der Waals surface area contributed by atoms with E-state index >= 15 is 0 Å². The number of carbonyl (C=O) groups excluding carboxylic acids is 1. The second-order valence-electron chi connectivity index (χ2n) is 3.53. The van der Waals surface area contributed by atoms with Crippen LogP contribution in [0.1, 0.15) is 13.8 Å². The predicted molar refractivity (Wildman–Crippen MR) is 67.1 cm³/mol. The summed E-state index contributed by atoms with van der Waals surface area (Å²) in [4.78, 5) is 11.6. The highest BCUT2D eigenvalue weighted by atomic mass is 16.5. The molecule has 90 valence electrons. The van der Waals surface area contributed by atoms with Gasteiger partial charge in [-0.3, -0.25) is 4.79 Å². The van der Waals surface area contributed by atoms with E-state index in [1.54, 1.807) is 13.2 Å². The summed E-state index contributed by atoms with van der Waals surface area (Å²) < 4.78 is 4.92. The van der Waals surface area contributed by atoms with Crippen LogP contribution in [0.5, 0.6) is 0 Å². The van der Waals surface area contributed by atoms with Crippen molar-refractivity contribution in [2.45, 2.75) is 13.8 Å². The van der Waals surface area contributed by atoms with E-state index in [4.69, 9.17) is 4.74 Å². The number of nitrogens with one attached hydrogen (secondary N) is 1. The Morgan fingerprint density at radius 1 is 1.56 bits per heavy atom. The summed E-state index contributed by atoms with van der Waals surface area (Å²) in [5.74, 6) is -0.111. The lowest BCUT2D eigenvalue weighted by Crippen LogP contribution is -2.32. The van der Waals surface area contributed by atoms with Gasteiger partial charge in [0.15, 0.2) is 0 Å². The van der Waals surface area contributed by atoms with Crippen molar-refractivity contribution < 1.29 is 9.53 Å². The van der Waals surface area contributed by atoms with E-state index < -0.39 is 0 Å². The van der Waals surface area contributed by atoms with E-state index in [1.807, 2.05) is 32.1 Å². The zero-order chi connectivity index (χ0) is 12.4. The minimum Gasteiger partial charge on any atom is -0.384 e. The molecule has 1 unspecified atom stereocenters. The Morgan fingerprint density at radius 2 is 2.25 bits per heavy atom. The van der Waals surface area contributed by atoms with Crippen LogP contribution >= 0.6 is 0 Å². The average Bonchev–Trinajstić information content (AvgIpc) is 2.29. The molecule has 16 heavy (non-hydrogen) atoms. The molecule has 0 heterocycles. The smallest absolute Gasteiger partial charge is 0.225 e. The van der Waals surface area contributed by atoms with Gasteiger partial charge in [0.2, 0.25) is 5.91 Å².